The maximum atomic E-state index is 3.93. The number of anilines is 1. The first-order chi connectivity index (χ1) is 5.38. The third-order valence-corrected chi connectivity index (χ3v) is 2.12. The summed E-state index contributed by atoms with van der Waals surface area (Å²) < 4.78 is 0. The van der Waals surface area contributed by atoms with Crippen LogP contribution in [0.25, 0.3) is 0 Å². The molecule has 0 saturated carbocycles. The molecule has 1 radical (unpaired) electrons. The van der Waals surface area contributed by atoms with Crippen LogP contribution in [-0.2, 0) is 0 Å². The van der Waals surface area contributed by atoms with E-state index in [0.29, 0.717) is 0 Å². The van der Waals surface area contributed by atoms with Crippen molar-refractivity contribution in [1.82, 2.24) is 4.98 Å². The predicted octanol–water partition coefficient (Wildman–Crippen LogP) is 1.40. The fourth-order valence-electron chi connectivity index (χ4n) is 1.32. The van der Waals surface area contributed by atoms with Crippen LogP contribution in [0.2, 0.25) is 0 Å². The fraction of sp³-hybridized carbons (Fsp3) is 0.444. The van der Waals surface area contributed by atoms with Crippen molar-refractivity contribution >= 4 is 5.69 Å². The van der Waals surface area contributed by atoms with Gasteiger partial charge < -0.3 is 4.90 Å². The predicted molar refractivity (Wildman–Crippen MR) is 44.6 cm³/mol. The molecule has 0 N–H and O–H groups in total. The molecule has 0 atom stereocenters. The van der Waals surface area contributed by atoms with Crippen molar-refractivity contribution in [3.05, 3.63) is 24.0 Å². The Bertz CT molecular complexity index is 253. The summed E-state index contributed by atoms with van der Waals surface area (Å²) in [6, 6.07) is 2.06. The van der Waals surface area contributed by atoms with Gasteiger partial charge in [-0.1, -0.05) is 0 Å². The quantitative estimate of drug-likeness (QED) is 0.597. The van der Waals surface area contributed by atoms with E-state index in [2.05, 4.69) is 29.1 Å². The lowest BCUT2D eigenvalue weighted by Gasteiger charge is -2.33. The second-order valence-corrected chi connectivity index (χ2v) is 2.91. The van der Waals surface area contributed by atoms with Gasteiger partial charge >= 0.3 is 0 Å². The Labute approximate surface area is 66.9 Å². The van der Waals surface area contributed by atoms with Gasteiger partial charge in [0.05, 0.1) is 6.20 Å². The minimum absolute atomic E-state index is 1.16. The molecular formula is C9H11N2. The first kappa shape index (κ1) is 6.65. The van der Waals surface area contributed by atoms with Crippen LogP contribution in [0.15, 0.2) is 12.3 Å². The molecule has 2 heterocycles. The zero-order chi connectivity index (χ0) is 7.68. The van der Waals surface area contributed by atoms with Crippen LogP contribution < -0.4 is 4.90 Å². The van der Waals surface area contributed by atoms with Gasteiger partial charge in [-0.2, -0.15) is 0 Å². The lowest BCUT2D eigenvalue weighted by Crippen LogP contribution is -2.37. The Morgan fingerprint density at radius 3 is 2.91 bits per heavy atom. The Morgan fingerprint density at radius 1 is 1.55 bits per heavy atom. The lowest BCUT2D eigenvalue weighted by atomic mass is 10.1. The molecule has 1 aromatic rings. The average molecular weight is 147 g/mol. The summed E-state index contributed by atoms with van der Waals surface area (Å²) in [7, 11) is 0. The van der Waals surface area contributed by atoms with Crippen molar-refractivity contribution in [3.8, 4) is 0 Å². The standard InChI is InChI=1S/C9H11N2/c1-8-7-10-4-3-9(8)11-5-2-6-11/h3-4H,2,5-6H2,1H3. The van der Waals surface area contributed by atoms with E-state index in [0.717, 1.165) is 5.56 Å². The lowest BCUT2D eigenvalue weighted by molar-refractivity contribution is 0.615. The van der Waals surface area contributed by atoms with Crippen molar-refractivity contribution in [1.29, 1.82) is 0 Å². The number of hydrogen-bond donors (Lipinski definition) is 0. The Kier molecular flexibility index (Phi) is 1.53. The molecule has 0 unspecified atom stereocenters. The minimum atomic E-state index is 1.16. The highest BCUT2D eigenvalue weighted by Crippen LogP contribution is 2.22. The molecule has 0 spiro atoms. The summed E-state index contributed by atoms with van der Waals surface area (Å²) >= 11 is 0. The fourth-order valence-corrected chi connectivity index (χ4v) is 1.32. The van der Waals surface area contributed by atoms with Gasteiger partial charge in [0.25, 0.3) is 0 Å². The highest BCUT2D eigenvalue weighted by Gasteiger charge is 2.15. The Morgan fingerprint density at radius 2 is 2.36 bits per heavy atom. The van der Waals surface area contributed by atoms with Crippen LogP contribution in [0.3, 0.4) is 0 Å². The monoisotopic (exact) mass is 147 g/mol. The second kappa shape index (κ2) is 2.53. The van der Waals surface area contributed by atoms with Crippen LogP contribution in [0.5, 0.6) is 0 Å². The van der Waals surface area contributed by atoms with Crippen LogP contribution in [0.1, 0.15) is 12.0 Å². The van der Waals surface area contributed by atoms with Crippen molar-refractivity contribution in [2.45, 2.75) is 13.3 Å². The molecule has 0 bridgehead atoms. The van der Waals surface area contributed by atoms with Gasteiger partial charge in [-0.3, -0.25) is 4.98 Å². The van der Waals surface area contributed by atoms with E-state index in [1.54, 1.807) is 6.20 Å². The van der Waals surface area contributed by atoms with E-state index in [1.807, 2.05) is 0 Å². The normalized spacial score (nSPS) is 16.3. The average Bonchev–Trinajstić information content (AvgIpc) is 1.90. The molecule has 1 saturated heterocycles. The highest BCUT2D eigenvalue weighted by atomic mass is 15.2. The van der Waals surface area contributed by atoms with Crippen LogP contribution in [-0.4, -0.2) is 18.1 Å². The zero-order valence-corrected chi connectivity index (χ0v) is 6.67. The number of rotatable bonds is 1. The molecule has 11 heavy (non-hydrogen) atoms. The first-order valence-electron chi connectivity index (χ1n) is 3.96. The van der Waals surface area contributed by atoms with E-state index in [9.17, 15) is 0 Å². The van der Waals surface area contributed by atoms with Gasteiger partial charge in [-0.05, 0) is 19.4 Å². The van der Waals surface area contributed by atoms with Gasteiger partial charge in [0.1, 0.15) is 0 Å². The highest BCUT2D eigenvalue weighted by molar-refractivity contribution is 5.52. The summed E-state index contributed by atoms with van der Waals surface area (Å²) in [6.07, 6.45) is 6.08. The van der Waals surface area contributed by atoms with Gasteiger partial charge in [0.2, 0.25) is 0 Å². The molecule has 0 aliphatic carbocycles. The summed E-state index contributed by atoms with van der Waals surface area (Å²) in [5, 5.41) is 0. The first-order valence-corrected chi connectivity index (χ1v) is 3.96. The number of nitrogens with zero attached hydrogens (tertiary/aromatic N) is 2. The summed E-state index contributed by atoms with van der Waals surface area (Å²) in [6.45, 7) is 4.44. The van der Waals surface area contributed by atoms with Crippen LogP contribution in [0.4, 0.5) is 5.69 Å². The molecule has 2 rings (SSSR count). The molecule has 2 nitrogen and oxygen atoms in total. The van der Waals surface area contributed by atoms with Gasteiger partial charge in [-0.15, -0.1) is 0 Å². The van der Waals surface area contributed by atoms with Crippen molar-refractivity contribution < 1.29 is 0 Å². The molecular weight excluding hydrogens is 136 g/mol. The molecule has 0 aromatic carbocycles. The van der Waals surface area contributed by atoms with Gasteiger partial charge in [-0.25, -0.2) is 0 Å². The summed E-state index contributed by atoms with van der Waals surface area (Å²) in [5.74, 6) is 0. The molecule has 2 heteroatoms. The van der Waals surface area contributed by atoms with Gasteiger partial charge in [0, 0.05) is 30.5 Å². The van der Waals surface area contributed by atoms with Crippen LogP contribution >= 0.6 is 0 Å². The smallest absolute Gasteiger partial charge is 0.0939 e. The Balaban J connectivity index is 2.28. The van der Waals surface area contributed by atoms with E-state index >= 15 is 0 Å². The summed E-state index contributed by atoms with van der Waals surface area (Å²) in [4.78, 5) is 6.29. The SMILES string of the molecule is Cc1[c]nccc1N1CCC1. The maximum Gasteiger partial charge on any atom is 0.0939 e. The minimum Gasteiger partial charge on any atom is -0.371 e. The van der Waals surface area contributed by atoms with E-state index in [4.69, 9.17) is 0 Å². The third-order valence-electron chi connectivity index (χ3n) is 2.12. The second-order valence-electron chi connectivity index (χ2n) is 2.91. The van der Waals surface area contributed by atoms with E-state index < -0.39 is 0 Å². The maximum absolute atomic E-state index is 3.93. The zero-order valence-electron chi connectivity index (χ0n) is 6.67. The number of aryl methyl sites for hydroxylation is 1. The molecule has 0 amide bonds. The van der Waals surface area contributed by atoms with Gasteiger partial charge in [0.15, 0.2) is 0 Å². The van der Waals surface area contributed by atoms with Crippen molar-refractivity contribution in [2.75, 3.05) is 18.0 Å². The molecule has 1 fully saturated rings. The van der Waals surface area contributed by atoms with Crippen molar-refractivity contribution in [2.24, 2.45) is 0 Å². The third kappa shape index (κ3) is 1.09. The van der Waals surface area contributed by atoms with Crippen LogP contribution in [0, 0.1) is 13.1 Å². The molecule has 1 aliphatic heterocycles. The Hall–Kier alpha value is -1.05. The topological polar surface area (TPSA) is 16.1 Å². The van der Waals surface area contributed by atoms with Crippen molar-refractivity contribution in [3.63, 3.8) is 0 Å². The van der Waals surface area contributed by atoms with E-state index in [-0.39, 0.29) is 0 Å². The number of pyridine rings is 1. The molecule has 1 aliphatic rings. The van der Waals surface area contributed by atoms with E-state index in [1.165, 1.54) is 25.2 Å². The molecule has 1 aromatic heterocycles. The number of aromatic nitrogens is 1. The summed E-state index contributed by atoms with van der Waals surface area (Å²) in [5.41, 5.74) is 2.46. The number of hydrogen-bond acceptors (Lipinski definition) is 2. The molecule has 57 valence electrons. The largest absolute Gasteiger partial charge is 0.371 e.